The van der Waals surface area contributed by atoms with Crippen molar-refractivity contribution < 1.29 is 14.3 Å². The van der Waals surface area contributed by atoms with Gasteiger partial charge in [-0.3, -0.25) is 14.2 Å². The molecule has 1 amide bonds. The Morgan fingerprint density at radius 2 is 1.88 bits per heavy atom. The van der Waals surface area contributed by atoms with Crippen molar-refractivity contribution in [3.8, 4) is 28.7 Å². The van der Waals surface area contributed by atoms with Crippen molar-refractivity contribution in [2.45, 2.75) is 33.7 Å². The highest BCUT2D eigenvalue weighted by Crippen LogP contribution is 2.38. The normalized spacial score (nSPS) is 11.6. The highest BCUT2D eigenvalue weighted by atomic mass is 35.5. The summed E-state index contributed by atoms with van der Waals surface area (Å²) in [6.45, 7) is 5.98. The van der Waals surface area contributed by atoms with E-state index in [1.165, 1.54) is 14.2 Å². The number of allylic oxidation sites excluding steroid dienone is 1. The molecule has 0 fully saturated rings. The van der Waals surface area contributed by atoms with Crippen LogP contribution in [0.3, 0.4) is 0 Å². The fourth-order valence-electron chi connectivity index (χ4n) is 4.37. The van der Waals surface area contributed by atoms with E-state index in [0.29, 0.717) is 51.8 Å². The van der Waals surface area contributed by atoms with Gasteiger partial charge in [0.25, 0.3) is 11.5 Å². The molecule has 0 unspecified atom stereocenters. The molecule has 4 aromatic rings. The molecule has 1 aromatic carbocycles. The number of carbonyl (C=O) groups is 1. The van der Waals surface area contributed by atoms with E-state index < -0.39 is 5.91 Å². The minimum Gasteiger partial charge on any atom is -0.497 e. The molecule has 0 aliphatic heterocycles. The average molecular weight is 602 g/mol. The van der Waals surface area contributed by atoms with Crippen LogP contribution in [-0.4, -0.2) is 46.7 Å². The lowest BCUT2D eigenvalue weighted by Gasteiger charge is -2.16. The number of halogens is 1. The third-order valence-corrected chi connectivity index (χ3v) is 6.83. The van der Waals surface area contributed by atoms with Gasteiger partial charge in [0, 0.05) is 48.6 Å². The van der Waals surface area contributed by atoms with Crippen molar-refractivity contribution in [3.63, 3.8) is 0 Å². The molecular weight excluding hydrogens is 570 g/mol. The Morgan fingerprint density at radius 1 is 1.12 bits per heavy atom. The Labute approximate surface area is 254 Å². The summed E-state index contributed by atoms with van der Waals surface area (Å²) in [4.78, 5) is 39.7. The summed E-state index contributed by atoms with van der Waals surface area (Å²) in [7, 11) is 4.71. The van der Waals surface area contributed by atoms with Crippen LogP contribution < -0.4 is 25.7 Å². The number of pyridine rings is 2. The van der Waals surface area contributed by atoms with E-state index in [4.69, 9.17) is 21.1 Å². The molecular formula is C31H32ClN7O4. The molecule has 222 valence electrons. The van der Waals surface area contributed by atoms with E-state index >= 15 is 0 Å². The van der Waals surface area contributed by atoms with Crippen LogP contribution in [0.5, 0.6) is 11.5 Å². The number of carbonyl (C=O) groups excluding carboxylic acids is 1. The molecule has 11 nitrogen and oxygen atoms in total. The summed E-state index contributed by atoms with van der Waals surface area (Å²) in [6.07, 6.45) is 5.30. The number of hydrogen-bond donors (Lipinski definition) is 2. The number of nitriles is 1. The zero-order valence-electron chi connectivity index (χ0n) is 24.8. The van der Waals surface area contributed by atoms with Gasteiger partial charge in [0.2, 0.25) is 5.95 Å². The second-order valence-electron chi connectivity index (χ2n) is 10.7. The van der Waals surface area contributed by atoms with E-state index in [9.17, 15) is 14.9 Å². The van der Waals surface area contributed by atoms with Crippen LogP contribution in [0.2, 0.25) is 5.02 Å². The van der Waals surface area contributed by atoms with Gasteiger partial charge < -0.3 is 20.1 Å². The first-order valence-corrected chi connectivity index (χ1v) is 13.7. The average Bonchev–Trinajstić information content (AvgIpc) is 2.99. The minimum atomic E-state index is -0.527. The standard InChI is InChI=1S/C31H32ClN7O4/c1-31(2,3)14-20(15-33)28(40)37-25-8-7-18(16-35-25)9-10-39-27-19(17-36-30(34-4)38-27)11-23(29(39)41)22-12-21(42-5)13-24(43-6)26(22)32/h7-8,11-14,16-17H,9-10H2,1-6H3,(H,34,36,38)(H,35,37,40). The van der Waals surface area contributed by atoms with Crippen molar-refractivity contribution in [2.24, 2.45) is 5.41 Å². The second-order valence-corrected chi connectivity index (χ2v) is 11.1. The Bertz CT molecular complexity index is 1800. The molecule has 0 bridgehead atoms. The first-order valence-electron chi connectivity index (χ1n) is 13.4. The van der Waals surface area contributed by atoms with Gasteiger partial charge in [-0.2, -0.15) is 10.2 Å². The van der Waals surface area contributed by atoms with Crippen molar-refractivity contribution >= 4 is 40.3 Å². The van der Waals surface area contributed by atoms with E-state index in [0.717, 1.165) is 5.56 Å². The number of rotatable bonds is 9. The summed E-state index contributed by atoms with van der Waals surface area (Å²) >= 11 is 6.65. The molecule has 43 heavy (non-hydrogen) atoms. The smallest absolute Gasteiger partial charge is 0.267 e. The van der Waals surface area contributed by atoms with Crippen LogP contribution in [0.4, 0.5) is 11.8 Å². The molecule has 0 saturated heterocycles. The molecule has 3 aromatic heterocycles. The van der Waals surface area contributed by atoms with E-state index in [2.05, 4.69) is 25.6 Å². The number of nitrogens with one attached hydrogen (secondary N) is 2. The third-order valence-electron chi connectivity index (χ3n) is 6.44. The monoisotopic (exact) mass is 601 g/mol. The van der Waals surface area contributed by atoms with Crippen LogP contribution in [0.15, 0.2) is 59.2 Å². The summed E-state index contributed by atoms with van der Waals surface area (Å²) < 4.78 is 12.4. The van der Waals surface area contributed by atoms with Gasteiger partial charge in [0.05, 0.1) is 19.2 Å². The maximum atomic E-state index is 14.0. The van der Waals surface area contributed by atoms with Crippen LogP contribution in [0, 0.1) is 16.7 Å². The zero-order valence-corrected chi connectivity index (χ0v) is 25.5. The van der Waals surface area contributed by atoms with Gasteiger partial charge in [-0.15, -0.1) is 0 Å². The van der Waals surface area contributed by atoms with Crippen molar-refractivity contribution in [2.75, 3.05) is 31.9 Å². The Balaban J connectivity index is 1.68. The minimum absolute atomic E-state index is 0.0150. The number of methoxy groups -OCH3 is 2. The van der Waals surface area contributed by atoms with Crippen LogP contribution in [0.25, 0.3) is 22.2 Å². The molecule has 0 atom stereocenters. The number of anilines is 2. The Kier molecular flexibility index (Phi) is 9.31. The molecule has 4 rings (SSSR count). The molecule has 0 saturated carbocycles. The second kappa shape index (κ2) is 12.9. The quantitative estimate of drug-likeness (QED) is 0.194. The maximum absolute atomic E-state index is 14.0. The van der Waals surface area contributed by atoms with Crippen LogP contribution >= 0.6 is 11.6 Å². The van der Waals surface area contributed by atoms with E-state index in [1.54, 1.807) is 60.4 Å². The van der Waals surface area contributed by atoms with Gasteiger partial charge >= 0.3 is 0 Å². The number of aryl methyl sites for hydroxylation is 2. The first kappa shape index (κ1) is 31.0. The topological polar surface area (TPSA) is 144 Å². The summed E-state index contributed by atoms with van der Waals surface area (Å²) in [6, 6.07) is 10.4. The number of fused-ring (bicyclic) bond motifs is 1. The fourth-order valence-corrected chi connectivity index (χ4v) is 4.66. The summed E-state index contributed by atoms with van der Waals surface area (Å²) in [5, 5.41) is 15.9. The van der Waals surface area contributed by atoms with Crippen LogP contribution in [0.1, 0.15) is 26.3 Å². The van der Waals surface area contributed by atoms with Crippen molar-refractivity contribution in [3.05, 3.63) is 75.3 Å². The SMILES string of the molecule is CNc1ncc2cc(-c3cc(OC)cc(OC)c3Cl)c(=O)n(CCc3ccc(NC(=O)C(C#N)=CC(C)(C)C)nc3)c2n1. The van der Waals surface area contributed by atoms with Gasteiger partial charge in [-0.1, -0.05) is 44.5 Å². The number of aromatic nitrogens is 4. The zero-order chi connectivity index (χ0) is 31.3. The lowest BCUT2D eigenvalue weighted by atomic mass is 9.93. The Morgan fingerprint density at radius 3 is 2.49 bits per heavy atom. The number of nitrogens with zero attached hydrogens (tertiary/aromatic N) is 5. The van der Waals surface area contributed by atoms with Crippen LogP contribution in [-0.2, 0) is 17.8 Å². The van der Waals surface area contributed by atoms with Crippen molar-refractivity contribution in [1.82, 2.24) is 19.5 Å². The Hall–Kier alpha value is -4.95. The molecule has 0 radical (unpaired) electrons. The van der Waals surface area contributed by atoms with Gasteiger partial charge in [-0.25, -0.2) is 9.97 Å². The molecule has 0 aliphatic carbocycles. The predicted molar refractivity (Wildman–Crippen MR) is 167 cm³/mol. The molecule has 3 heterocycles. The number of hydrogen-bond acceptors (Lipinski definition) is 9. The van der Waals surface area contributed by atoms with Gasteiger partial charge in [0.15, 0.2) is 0 Å². The number of amides is 1. The first-order chi connectivity index (χ1) is 20.5. The van der Waals surface area contributed by atoms with E-state index in [1.807, 2.05) is 26.8 Å². The van der Waals surface area contributed by atoms with E-state index in [-0.39, 0.29) is 28.1 Å². The number of benzene rings is 1. The highest BCUT2D eigenvalue weighted by molar-refractivity contribution is 6.35. The van der Waals surface area contributed by atoms with Crippen molar-refractivity contribution in [1.29, 1.82) is 5.26 Å². The number of ether oxygens (including phenoxy) is 2. The molecule has 0 spiro atoms. The van der Waals surface area contributed by atoms with Gasteiger partial charge in [-0.05, 0) is 35.6 Å². The predicted octanol–water partition coefficient (Wildman–Crippen LogP) is 5.24. The lowest BCUT2D eigenvalue weighted by molar-refractivity contribution is -0.112. The highest BCUT2D eigenvalue weighted by Gasteiger charge is 2.19. The molecule has 2 N–H and O–H groups in total. The van der Waals surface area contributed by atoms with Gasteiger partial charge in [0.1, 0.15) is 34.6 Å². The fraction of sp³-hybridized carbons (Fsp3) is 0.290. The summed E-state index contributed by atoms with van der Waals surface area (Å²) in [5.74, 6) is 1.01. The lowest BCUT2D eigenvalue weighted by Crippen LogP contribution is -2.24. The maximum Gasteiger partial charge on any atom is 0.267 e. The molecule has 12 heteroatoms. The summed E-state index contributed by atoms with van der Waals surface area (Å²) in [5.41, 5.74) is 1.43. The third kappa shape index (κ3) is 7.10. The largest absolute Gasteiger partial charge is 0.497 e. The molecule has 0 aliphatic rings.